The van der Waals surface area contributed by atoms with Crippen LogP contribution in [0, 0.1) is 19.8 Å². The summed E-state index contributed by atoms with van der Waals surface area (Å²) in [5.74, 6) is -1.19. The third-order valence-electron chi connectivity index (χ3n) is 5.78. The van der Waals surface area contributed by atoms with Gasteiger partial charge in [-0.05, 0) is 66.9 Å². The molecule has 0 aromatic heterocycles. The van der Waals surface area contributed by atoms with Gasteiger partial charge in [0.1, 0.15) is 5.92 Å². The topological polar surface area (TPSA) is 49.9 Å². The maximum atomic E-state index is 13.7. The predicted octanol–water partition coefficient (Wildman–Crippen LogP) is 5.12. The molecule has 3 aromatic carbocycles. The number of carbonyl (C=O) groups excluding carboxylic acids is 2. The normalized spacial score (nSPS) is 22.9. The Hall–Kier alpha value is -2.96. The first-order valence-corrected chi connectivity index (χ1v) is 11.0. The fraction of sp³-hybridized carbons (Fsp3) is 0.200. The molecule has 156 valence electrons. The second-order valence-corrected chi connectivity index (χ2v) is 8.99. The van der Waals surface area contributed by atoms with Crippen molar-refractivity contribution in [3.63, 3.8) is 0 Å². The SMILES string of the molecule is Cc1cc(C)cc(N2C(=O)[C@H]3[C@@H](ON(c4ccccc4)[C@H]3c3cccc(Br)c3)C2=O)c1. The number of rotatable bonds is 3. The molecule has 0 bridgehead atoms. The fourth-order valence-electron chi connectivity index (χ4n) is 4.58. The van der Waals surface area contributed by atoms with Crippen LogP contribution in [0.3, 0.4) is 0 Å². The van der Waals surface area contributed by atoms with Crippen molar-refractivity contribution in [1.82, 2.24) is 0 Å². The van der Waals surface area contributed by atoms with E-state index < -0.39 is 18.1 Å². The summed E-state index contributed by atoms with van der Waals surface area (Å²) in [7, 11) is 0. The summed E-state index contributed by atoms with van der Waals surface area (Å²) in [5.41, 5.74) is 4.32. The van der Waals surface area contributed by atoms with Crippen LogP contribution in [-0.4, -0.2) is 17.9 Å². The molecule has 5 nitrogen and oxygen atoms in total. The summed E-state index contributed by atoms with van der Waals surface area (Å²) in [6.45, 7) is 3.92. The summed E-state index contributed by atoms with van der Waals surface area (Å²) >= 11 is 3.53. The Morgan fingerprint density at radius 3 is 2.19 bits per heavy atom. The molecule has 2 saturated heterocycles. The van der Waals surface area contributed by atoms with Gasteiger partial charge in [-0.3, -0.25) is 14.4 Å². The van der Waals surface area contributed by atoms with E-state index in [1.165, 1.54) is 4.90 Å². The smallest absolute Gasteiger partial charge is 0.266 e. The minimum Gasteiger partial charge on any atom is -0.273 e. The standard InChI is InChI=1S/C25H21BrN2O3/c1-15-11-16(2)13-20(12-15)27-24(29)21-22(17-7-6-8-18(26)14-17)28(31-23(21)25(27)30)19-9-4-3-5-10-19/h3-14,21-23H,1-2H3/t21-,22+,23-/m1/s1. The minimum atomic E-state index is -0.863. The Labute approximate surface area is 189 Å². The third kappa shape index (κ3) is 3.36. The average Bonchev–Trinajstić information content (AvgIpc) is 3.24. The molecular formula is C25H21BrN2O3. The number of nitrogens with zero attached hydrogens (tertiary/aromatic N) is 2. The van der Waals surface area contributed by atoms with Crippen molar-refractivity contribution in [3.8, 4) is 0 Å². The van der Waals surface area contributed by atoms with Crippen LogP contribution >= 0.6 is 15.9 Å². The van der Waals surface area contributed by atoms with E-state index in [0.29, 0.717) is 5.69 Å². The molecule has 0 radical (unpaired) electrons. The molecule has 0 spiro atoms. The van der Waals surface area contributed by atoms with E-state index in [0.717, 1.165) is 26.9 Å². The number of benzene rings is 3. The van der Waals surface area contributed by atoms with Gasteiger partial charge in [-0.15, -0.1) is 0 Å². The van der Waals surface area contributed by atoms with E-state index in [2.05, 4.69) is 15.9 Å². The number of aryl methyl sites for hydroxylation is 2. The van der Waals surface area contributed by atoms with Gasteiger partial charge in [0, 0.05) is 4.47 Å². The van der Waals surface area contributed by atoms with Crippen molar-refractivity contribution >= 4 is 39.1 Å². The van der Waals surface area contributed by atoms with Gasteiger partial charge in [0.25, 0.3) is 5.91 Å². The van der Waals surface area contributed by atoms with E-state index in [9.17, 15) is 9.59 Å². The van der Waals surface area contributed by atoms with Crippen LogP contribution in [-0.2, 0) is 14.4 Å². The number of para-hydroxylation sites is 1. The van der Waals surface area contributed by atoms with E-state index in [1.807, 2.05) is 86.6 Å². The highest BCUT2D eigenvalue weighted by Crippen LogP contribution is 2.47. The van der Waals surface area contributed by atoms with Gasteiger partial charge in [-0.25, -0.2) is 9.96 Å². The zero-order valence-corrected chi connectivity index (χ0v) is 18.7. The number of hydrogen-bond acceptors (Lipinski definition) is 4. The number of anilines is 2. The van der Waals surface area contributed by atoms with Crippen LogP contribution in [0.15, 0.2) is 77.3 Å². The molecule has 0 unspecified atom stereocenters. The third-order valence-corrected chi connectivity index (χ3v) is 6.27. The van der Waals surface area contributed by atoms with E-state index in [-0.39, 0.29) is 11.8 Å². The highest BCUT2D eigenvalue weighted by Gasteiger charge is 2.60. The lowest BCUT2D eigenvalue weighted by atomic mass is 9.90. The molecule has 6 heteroatoms. The van der Waals surface area contributed by atoms with Gasteiger partial charge >= 0.3 is 0 Å². The molecular weight excluding hydrogens is 456 g/mol. The van der Waals surface area contributed by atoms with Crippen LogP contribution in [0.2, 0.25) is 0 Å². The number of halogens is 1. The van der Waals surface area contributed by atoms with Gasteiger partial charge in [0.15, 0.2) is 6.10 Å². The quantitative estimate of drug-likeness (QED) is 0.492. The fourth-order valence-corrected chi connectivity index (χ4v) is 4.99. The second-order valence-electron chi connectivity index (χ2n) is 8.07. The Balaban J connectivity index is 1.60. The maximum absolute atomic E-state index is 13.7. The molecule has 0 aliphatic carbocycles. The average molecular weight is 477 g/mol. The predicted molar refractivity (Wildman–Crippen MR) is 123 cm³/mol. The molecule has 0 N–H and O–H groups in total. The first-order chi connectivity index (χ1) is 14.9. The first kappa shape index (κ1) is 20.0. The molecule has 0 saturated carbocycles. The zero-order valence-electron chi connectivity index (χ0n) is 17.2. The molecule has 31 heavy (non-hydrogen) atoms. The summed E-state index contributed by atoms with van der Waals surface area (Å²) < 4.78 is 0.907. The number of hydroxylamine groups is 1. The summed E-state index contributed by atoms with van der Waals surface area (Å²) in [5, 5.41) is 1.71. The van der Waals surface area contributed by atoms with Crippen LogP contribution < -0.4 is 9.96 Å². The van der Waals surface area contributed by atoms with Crippen LogP contribution in [0.4, 0.5) is 11.4 Å². The van der Waals surface area contributed by atoms with Gasteiger partial charge in [0.05, 0.1) is 17.4 Å². The number of imide groups is 1. The van der Waals surface area contributed by atoms with E-state index >= 15 is 0 Å². The molecule has 2 amide bonds. The van der Waals surface area contributed by atoms with Crippen molar-refractivity contribution in [1.29, 1.82) is 0 Å². The van der Waals surface area contributed by atoms with Crippen molar-refractivity contribution in [2.75, 3.05) is 9.96 Å². The highest BCUT2D eigenvalue weighted by molar-refractivity contribution is 9.10. The van der Waals surface area contributed by atoms with Gasteiger partial charge < -0.3 is 0 Å². The largest absolute Gasteiger partial charge is 0.273 e. The summed E-state index contributed by atoms with van der Waals surface area (Å²) in [6.07, 6.45) is -0.863. The Morgan fingerprint density at radius 1 is 0.806 bits per heavy atom. The molecule has 2 aliphatic heterocycles. The molecule has 3 atom stereocenters. The number of fused-ring (bicyclic) bond motifs is 1. The van der Waals surface area contributed by atoms with Crippen molar-refractivity contribution in [2.24, 2.45) is 5.92 Å². The first-order valence-electron chi connectivity index (χ1n) is 10.2. The van der Waals surface area contributed by atoms with Crippen molar-refractivity contribution in [2.45, 2.75) is 26.0 Å². The van der Waals surface area contributed by atoms with Crippen LogP contribution in [0.1, 0.15) is 22.7 Å². The molecule has 2 fully saturated rings. The molecule has 2 heterocycles. The molecule has 2 aliphatic rings. The molecule has 3 aromatic rings. The second kappa shape index (κ2) is 7.62. The van der Waals surface area contributed by atoms with Crippen molar-refractivity contribution in [3.05, 3.63) is 94.0 Å². The lowest BCUT2D eigenvalue weighted by molar-refractivity contribution is -0.126. The highest BCUT2D eigenvalue weighted by atomic mass is 79.9. The Bertz CT molecular complexity index is 1160. The monoisotopic (exact) mass is 476 g/mol. The Morgan fingerprint density at radius 2 is 1.52 bits per heavy atom. The summed E-state index contributed by atoms with van der Waals surface area (Å²) in [4.78, 5) is 34.5. The Kier molecular flexibility index (Phi) is 4.91. The summed E-state index contributed by atoms with van der Waals surface area (Å²) in [6, 6.07) is 22.7. The van der Waals surface area contributed by atoms with Gasteiger partial charge in [0.2, 0.25) is 5.91 Å². The molecule has 5 rings (SSSR count). The minimum absolute atomic E-state index is 0.233. The lowest BCUT2D eigenvalue weighted by Gasteiger charge is -2.29. The number of amides is 2. The maximum Gasteiger partial charge on any atom is 0.266 e. The van der Waals surface area contributed by atoms with E-state index in [4.69, 9.17) is 4.84 Å². The van der Waals surface area contributed by atoms with Crippen LogP contribution in [0.25, 0.3) is 0 Å². The number of carbonyl (C=O) groups is 2. The van der Waals surface area contributed by atoms with E-state index in [1.54, 1.807) is 5.06 Å². The van der Waals surface area contributed by atoms with Gasteiger partial charge in [-0.2, -0.15) is 0 Å². The number of hydrogen-bond donors (Lipinski definition) is 0. The lowest BCUT2D eigenvalue weighted by Crippen LogP contribution is -2.37. The zero-order chi connectivity index (χ0) is 21.7. The van der Waals surface area contributed by atoms with Gasteiger partial charge in [-0.1, -0.05) is 52.3 Å². The van der Waals surface area contributed by atoms with Crippen LogP contribution in [0.5, 0.6) is 0 Å². The van der Waals surface area contributed by atoms with Crippen molar-refractivity contribution < 1.29 is 14.4 Å².